The monoisotopic (exact) mass is 416 g/mol. The molecule has 158 valence electrons. The molecule has 6 heteroatoms. The second kappa shape index (κ2) is 8.14. The predicted molar refractivity (Wildman–Crippen MR) is 119 cm³/mol. The molecule has 4 aromatic rings. The third-order valence-electron chi connectivity index (χ3n) is 5.13. The van der Waals surface area contributed by atoms with E-state index in [1.54, 1.807) is 10.7 Å². The first-order valence-corrected chi connectivity index (χ1v) is 10.1. The minimum atomic E-state index is -0.463. The van der Waals surface area contributed by atoms with E-state index in [9.17, 15) is 9.59 Å². The molecule has 0 saturated heterocycles. The number of nitrogens with zero attached hydrogens (tertiary/aromatic N) is 2. The second-order valence-corrected chi connectivity index (χ2v) is 7.55. The second-order valence-electron chi connectivity index (χ2n) is 7.55. The number of para-hydroxylation sites is 1. The van der Waals surface area contributed by atoms with Crippen LogP contribution in [0.5, 0.6) is 0 Å². The van der Waals surface area contributed by atoms with Gasteiger partial charge in [0, 0.05) is 10.9 Å². The average molecular weight is 416 g/mol. The number of aromatic nitrogens is 2. The number of fused-ring (bicyclic) bond motifs is 1. The Kier molecular flexibility index (Phi) is 5.38. The fourth-order valence-corrected chi connectivity index (χ4v) is 3.76. The molecular formula is C25H24N2O4. The molecular weight excluding hydrogens is 392 g/mol. The molecule has 2 aromatic carbocycles. The average Bonchev–Trinajstić information content (AvgIpc) is 3.31. The maximum atomic E-state index is 12.8. The smallest absolute Gasteiger partial charge is 0.356 e. The van der Waals surface area contributed by atoms with Crippen LogP contribution in [0.15, 0.2) is 66.7 Å². The van der Waals surface area contributed by atoms with Crippen LogP contribution in [-0.4, -0.2) is 34.5 Å². The molecule has 0 N–H and O–H groups in total. The van der Waals surface area contributed by atoms with Crippen molar-refractivity contribution < 1.29 is 19.1 Å². The van der Waals surface area contributed by atoms with Crippen LogP contribution in [0.3, 0.4) is 0 Å². The third-order valence-corrected chi connectivity index (χ3v) is 5.13. The molecule has 0 unspecified atom stereocenters. The van der Waals surface area contributed by atoms with Gasteiger partial charge >= 0.3 is 11.9 Å². The van der Waals surface area contributed by atoms with Gasteiger partial charge in [-0.1, -0.05) is 48.5 Å². The molecule has 0 fully saturated rings. The van der Waals surface area contributed by atoms with E-state index in [2.05, 4.69) is 0 Å². The van der Waals surface area contributed by atoms with Crippen molar-refractivity contribution in [3.63, 3.8) is 0 Å². The Hall–Kier alpha value is -3.80. The molecule has 2 heterocycles. The van der Waals surface area contributed by atoms with Crippen molar-refractivity contribution >= 4 is 22.8 Å². The fraction of sp³-hybridized carbons (Fsp3) is 0.200. The Morgan fingerprint density at radius 2 is 1.55 bits per heavy atom. The number of rotatable bonds is 5. The minimum absolute atomic E-state index is 0.242. The zero-order chi connectivity index (χ0) is 22.1. The maximum absolute atomic E-state index is 12.8. The topological polar surface area (TPSA) is 62.5 Å². The van der Waals surface area contributed by atoms with Crippen LogP contribution >= 0.6 is 0 Å². The van der Waals surface area contributed by atoms with Gasteiger partial charge in [0.1, 0.15) is 5.69 Å². The van der Waals surface area contributed by atoms with Crippen molar-refractivity contribution in [2.75, 3.05) is 7.11 Å². The van der Waals surface area contributed by atoms with Gasteiger partial charge in [-0.2, -0.15) is 0 Å². The summed E-state index contributed by atoms with van der Waals surface area (Å²) in [7, 11) is 1.36. The summed E-state index contributed by atoms with van der Waals surface area (Å²) in [6.07, 6.45) is -0.242. The van der Waals surface area contributed by atoms with Crippen molar-refractivity contribution in [1.29, 1.82) is 0 Å². The highest BCUT2D eigenvalue weighted by Crippen LogP contribution is 2.30. The SMILES string of the molecule is COC(=O)c1cc2ccccc2n1-n1c(-c2ccccc2)cc(C(=O)OC(C)C)c1C. The Morgan fingerprint density at radius 3 is 2.23 bits per heavy atom. The molecule has 31 heavy (non-hydrogen) atoms. The Balaban J connectivity index is 2.06. The van der Waals surface area contributed by atoms with Gasteiger partial charge in [-0.05, 0) is 39.0 Å². The van der Waals surface area contributed by atoms with Crippen LogP contribution in [0.4, 0.5) is 0 Å². The Bertz CT molecular complexity index is 1270. The zero-order valence-corrected chi connectivity index (χ0v) is 18.0. The lowest BCUT2D eigenvalue weighted by molar-refractivity contribution is 0.0376. The molecule has 4 rings (SSSR count). The van der Waals surface area contributed by atoms with Gasteiger partial charge in [-0.15, -0.1) is 0 Å². The van der Waals surface area contributed by atoms with E-state index in [1.165, 1.54) is 7.11 Å². The van der Waals surface area contributed by atoms with Crippen LogP contribution in [0, 0.1) is 6.92 Å². The number of carbonyl (C=O) groups excluding carboxylic acids is 2. The summed E-state index contributed by atoms with van der Waals surface area (Å²) in [6.45, 7) is 5.48. The summed E-state index contributed by atoms with van der Waals surface area (Å²) in [5, 5.41) is 0.890. The van der Waals surface area contributed by atoms with Gasteiger partial charge in [0.2, 0.25) is 0 Å². The normalized spacial score (nSPS) is 11.1. The fourth-order valence-electron chi connectivity index (χ4n) is 3.76. The summed E-state index contributed by atoms with van der Waals surface area (Å²) in [5.41, 5.74) is 3.96. The highest BCUT2D eigenvalue weighted by atomic mass is 16.5. The van der Waals surface area contributed by atoms with Gasteiger partial charge in [-0.3, -0.25) is 4.68 Å². The van der Waals surface area contributed by atoms with Crippen molar-refractivity contribution in [1.82, 2.24) is 9.35 Å². The molecule has 0 aliphatic rings. The highest BCUT2D eigenvalue weighted by molar-refractivity contribution is 5.97. The van der Waals surface area contributed by atoms with Crippen LogP contribution < -0.4 is 0 Å². The van der Waals surface area contributed by atoms with Crippen molar-refractivity contribution in [3.05, 3.63) is 83.7 Å². The lowest BCUT2D eigenvalue weighted by Crippen LogP contribution is -2.20. The van der Waals surface area contributed by atoms with E-state index in [4.69, 9.17) is 9.47 Å². The van der Waals surface area contributed by atoms with E-state index >= 15 is 0 Å². The highest BCUT2D eigenvalue weighted by Gasteiger charge is 2.25. The summed E-state index contributed by atoms with van der Waals surface area (Å²) < 4.78 is 14.2. The number of hydrogen-bond donors (Lipinski definition) is 0. The predicted octanol–water partition coefficient (Wildman–Crippen LogP) is 5.08. The number of benzene rings is 2. The maximum Gasteiger partial charge on any atom is 0.356 e. The molecule has 6 nitrogen and oxygen atoms in total. The van der Waals surface area contributed by atoms with Crippen LogP contribution in [0.1, 0.15) is 40.4 Å². The van der Waals surface area contributed by atoms with E-state index in [-0.39, 0.29) is 6.10 Å². The minimum Gasteiger partial charge on any atom is -0.464 e. The van der Waals surface area contributed by atoms with Gasteiger partial charge < -0.3 is 9.47 Å². The van der Waals surface area contributed by atoms with E-state index < -0.39 is 11.9 Å². The van der Waals surface area contributed by atoms with Gasteiger partial charge in [0.15, 0.2) is 0 Å². The molecule has 0 saturated carbocycles. The summed E-state index contributed by atoms with van der Waals surface area (Å²) in [4.78, 5) is 25.5. The third kappa shape index (κ3) is 3.61. The van der Waals surface area contributed by atoms with E-state index in [0.717, 1.165) is 22.2 Å². The van der Waals surface area contributed by atoms with E-state index in [0.29, 0.717) is 17.0 Å². The first kappa shape index (κ1) is 20.5. The Labute approximate surface area is 180 Å². The number of esters is 2. The number of carbonyl (C=O) groups is 2. The van der Waals surface area contributed by atoms with E-state index in [1.807, 2.05) is 86.1 Å². The van der Waals surface area contributed by atoms with Crippen molar-refractivity contribution in [2.45, 2.75) is 26.9 Å². The van der Waals surface area contributed by atoms with Crippen molar-refractivity contribution in [3.8, 4) is 11.3 Å². The summed E-state index contributed by atoms with van der Waals surface area (Å²) >= 11 is 0. The van der Waals surface area contributed by atoms with Crippen LogP contribution in [-0.2, 0) is 9.47 Å². The van der Waals surface area contributed by atoms with Crippen LogP contribution in [0.2, 0.25) is 0 Å². The lowest BCUT2D eigenvalue weighted by Gasteiger charge is -2.17. The number of methoxy groups -OCH3 is 1. The molecule has 0 atom stereocenters. The van der Waals surface area contributed by atoms with Crippen LogP contribution in [0.25, 0.3) is 22.2 Å². The first-order valence-electron chi connectivity index (χ1n) is 10.1. The standard InChI is InChI=1S/C25H24N2O4/c1-16(2)31-24(28)20-15-22(18-10-6-5-7-11-18)26(17(20)3)27-21-13-9-8-12-19(21)14-23(27)25(29)30-4/h5-16H,1-4H3. The zero-order valence-electron chi connectivity index (χ0n) is 18.0. The molecule has 0 aliphatic carbocycles. The Morgan fingerprint density at radius 1 is 0.871 bits per heavy atom. The first-order chi connectivity index (χ1) is 14.9. The largest absolute Gasteiger partial charge is 0.464 e. The molecule has 0 radical (unpaired) electrons. The molecule has 0 spiro atoms. The summed E-state index contributed by atoms with van der Waals surface area (Å²) in [5.74, 6) is -0.867. The number of ether oxygens (including phenoxy) is 2. The molecule has 2 aromatic heterocycles. The molecule has 0 bridgehead atoms. The van der Waals surface area contributed by atoms with Crippen molar-refractivity contribution in [2.24, 2.45) is 0 Å². The van der Waals surface area contributed by atoms with Gasteiger partial charge in [-0.25, -0.2) is 14.3 Å². The van der Waals surface area contributed by atoms with Gasteiger partial charge in [0.05, 0.1) is 35.7 Å². The van der Waals surface area contributed by atoms with Gasteiger partial charge in [0.25, 0.3) is 0 Å². The molecule has 0 amide bonds. The number of hydrogen-bond acceptors (Lipinski definition) is 4. The lowest BCUT2D eigenvalue weighted by atomic mass is 10.1. The summed E-state index contributed by atoms with van der Waals surface area (Å²) in [6, 6.07) is 21.0. The quantitative estimate of drug-likeness (QED) is 0.426. The molecule has 0 aliphatic heterocycles.